The molecular formula is C26H24F2N2O3. The number of nitrogens with zero attached hydrogens (tertiary/aromatic N) is 1. The Kier molecular flexibility index (Phi) is 6.68. The fourth-order valence-electron chi connectivity index (χ4n) is 4.18. The van der Waals surface area contributed by atoms with Crippen molar-refractivity contribution in [3.63, 3.8) is 0 Å². The van der Waals surface area contributed by atoms with Crippen LogP contribution in [0, 0.1) is 17.6 Å². The Morgan fingerprint density at radius 3 is 2.18 bits per heavy atom. The summed E-state index contributed by atoms with van der Waals surface area (Å²) in [6.45, 7) is 0.238. The number of methoxy groups -OCH3 is 1. The highest BCUT2D eigenvalue weighted by Gasteiger charge is 2.41. The van der Waals surface area contributed by atoms with Gasteiger partial charge in [-0.1, -0.05) is 24.3 Å². The summed E-state index contributed by atoms with van der Waals surface area (Å²) in [5, 5.41) is 2.91. The van der Waals surface area contributed by atoms with Crippen molar-refractivity contribution in [2.24, 2.45) is 5.92 Å². The predicted molar refractivity (Wildman–Crippen MR) is 121 cm³/mol. The first-order valence-electron chi connectivity index (χ1n) is 10.7. The number of anilines is 1. The summed E-state index contributed by atoms with van der Waals surface area (Å²) < 4.78 is 32.0. The normalized spacial score (nSPS) is 18.2. The largest absolute Gasteiger partial charge is 0.497 e. The zero-order valence-corrected chi connectivity index (χ0v) is 18.1. The summed E-state index contributed by atoms with van der Waals surface area (Å²) in [5.41, 5.74) is 2.07. The minimum atomic E-state index is -0.603. The number of piperidine rings is 1. The first-order valence-corrected chi connectivity index (χ1v) is 10.7. The van der Waals surface area contributed by atoms with Crippen molar-refractivity contribution < 1.29 is 23.1 Å². The van der Waals surface area contributed by atoms with E-state index in [-0.39, 0.29) is 30.6 Å². The number of benzene rings is 3. The van der Waals surface area contributed by atoms with Gasteiger partial charge in [0.1, 0.15) is 17.4 Å². The molecule has 1 saturated heterocycles. The zero-order valence-electron chi connectivity index (χ0n) is 18.1. The standard InChI is InChI=1S/C26H24F2N2O3/c1-33-22-12-10-21(11-13-22)30-24(31)15-14-23(25(30)18-4-8-20(28)9-5-18)26(32)29-16-17-2-6-19(27)7-3-17/h2-13,23,25H,14-16H2,1H3,(H,29,32)/t23-,25-/m0/s1. The van der Waals surface area contributed by atoms with Gasteiger partial charge in [0.05, 0.1) is 19.1 Å². The van der Waals surface area contributed by atoms with Gasteiger partial charge in [0.2, 0.25) is 11.8 Å². The molecule has 0 unspecified atom stereocenters. The van der Waals surface area contributed by atoms with Gasteiger partial charge < -0.3 is 15.0 Å². The maximum absolute atomic E-state index is 13.6. The molecule has 0 aliphatic carbocycles. The zero-order chi connectivity index (χ0) is 23.4. The lowest BCUT2D eigenvalue weighted by molar-refractivity contribution is -0.129. The number of nitrogens with one attached hydrogen (secondary N) is 1. The minimum Gasteiger partial charge on any atom is -0.497 e. The summed E-state index contributed by atoms with van der Waals surface area (Å²) in [7, 11) is 1.56. The first kappa shape index (κ1) is 22.5. The summed E-state index contributed by atoms with van der Waals surface area (Å²) in [5.74, 6) is -0.973. The highest BCUT2D eigenvalue weighted by Crippen LogP contribution is 2.40. The molecule has 33 heavy (non-hydrogen) atoms. The van der Waals surface area contributed by atoms with Gasteiger partial charge in [-0.15, -0.1) is 0 Å². The third kappa shape index (κ3) is 5.03. The average Bonchev–Trinajstić information content (AvgIpc) is 2.84. The molecule has 1 N–H and O–H groups in total. The van der Waals surface area contributed by atoms with Crippen LogP contribution in [0.3, 0.4) is 0 Å². The lowest BCUT2D eigenvalue weighted by Crippen LogP contribution is -2.48. The van der Waals surface area contributed by atoms with Crippen molar-refractivity contribution >= 4 is 17.5 Å². The quantitative estimate of drug-likeness (QED) is 0.588. The molecule has 3 aromatic carbocycles. The number of hydrogen-bond donors (Lipinski definition) is 1. The summed E-state index contributed by atoms with van der Waals surface area (Å²) >= 11 is 0. The molecule has 0 saturated carbocycles. The summed E-state index contributed by atoms with van der Waals surface area (Å²) in [4.78, 5) is 27.9. The number of rotatable bonds is 6. The predicted octanol–water partition coefficient (Wildman–Crippen LogP) is 4.77. The number of carbonyl (C=O) groups excluding carboxylic acids is 2. The molecule has 4 rings (SSSR count). The molecule has 1 heterocycles. The molecule has 5 nitrogen and oxygen atoms in total. The lowest BCUT2D eigenvalue weighted by atomic mass is 9.83. The van der Waals surface area contributed by atoms with Crippen LogP contribution in [0.25, 0.3) is 0 Å². The Morgan fingerprint density at radius 1 is 0.970 bits per heavy atom. The van der Waals surface area contributed by atoms with Gasteiger partial charge in [-0.2, -0.15) is 0 Å². The molecule has 1 aliphatic rings. The number of halogens is 2. The Morgan fingerprint density at radius 2 is 1.58 bits per heavy atom. The second-order valence-electron chi connectivity index (χ2n) is 7.95. The van der Waals surface area contributed by atoms with Crippen molar-refractivity contribution in [1.82, 2.24) is 5.32 Å². The monoisotopic (exact) mass is 450 g/mol. The Hall–Kier alpha value is -3.74. The molecule has 2 atom stereocenters. The molecule has 2 amide bonds. The highest BCUT2D eigenvalue weighted by atomic mass is 19.1. The van der Waals surface area contributed by atoms with E-state index in [2.05, 4.69) is 5.32 Å². The Bertz CT molecular complexity index is 1120. The number of hydrogen-bond acceptors (Lipinski definition) is 3. The molecular weight excluding hydrogens is 426 g/mol. The van der Waals surface area contributed by atoms with Crippen LogP contribution >= 0.6 is 0 Å². The van der Waals surface area contributed by atoms with E-state index in [4.69, 9.17) is 4.74 Å². The van der Waals surface area contributed by atoms with Crippen LogP contribution in [0.1, 0.15) is 30.0 Å². The van der Waals surface area contributed by atoms with Crippen LogP contribution < -0.4 is 15.0 Å². The van der Waals surface area contributed by atoms with E-state index in [1.54, 1.807) is 60.5 Å². The van der Waals surface area contributed by atoms with E-state index in [1.165, 1.54) is 24.3 Å². The van der Waals surface area contributed by atoms with Gasteiger partial charge in [0.25, 0.3) is 0 Å². The van der Waals surface area contributed by atoms with Crippen molar-refractivity contribution in [3.8, 4) is 5.75 Å². The molecule has 0 radical (unpaired) electrons. The van der Waals surface area contributed by atoms with E-state index in [9.17, 15) is 18.4 Å². The van der Waals surface area contributed by atoms with Gasteiger partial charge in [0.15, 0.2) is 0 Å². The Labute approximate surface area is 191 Å². The van der Waals surface area contributed by atoms with E-state index in [0.29, 0.717) is 23.4 Å². The molecule has 0 aromatic heterocycles. The molecule has 170 valence electrons. The molecule has 1 aliphatic heterocycles. The number of ether oxygens (including phenoxy) is 1. The molecule has 3 aromatic rings. The lowest BCUT2D eigenvalue weighted by Gasteiger charge is -2.41. The number of amides is 2. The maximum Gasteiger partial charge on any atom is 0.227 e. The Balaban J connectivity index is 1.65. The van der Waals surface area contributed by atoms with Crippen molar-refractivity contribution in [1.29, 1.82) is 0 Å². The first-order chi connectivity index (χ1) is 16.0. The van der Waals surface area contributed by atoms with Gasteiger partial charge in [-0.3, -0.25) is 9.59 Å². The minimum absolute atomic E-state index is 0.114. The molecule has 0 bridgehead atoms. The molecule has 7 heteroatoms. The second kappa shape index (κ2) is 9.81. The van der Waals surface area contributed by atoms with Crippen LogP contribution in [0.4, 0.5) is 14.5 Å². The van der Waals surface area contributed by atoms with Gasteiger partial charge >= 0.3 is 0 Å². The topological polar surface area (TPSA) is 58.6 Å². The second-order valence-corrected chi connectivity index (χ2v) is 7.95. The van der Waals surface area contributed by atoms with Crippen LogP contribution in [0.5, 0.6) is 5.75 Å². The van der Waals surface area contributed by atoms with Gasteiger partial charge in [0, 0.05) is 18.7 Å². The molecule has 0 spiro atoms. The van der Waals surface area contributed by atoms with E-state index < -0.39 is 17.8 Å². The SMILES string of the molecule is COc1ccc(N2C(=O)CC[C@H](C(=O)NCc3ccc(F)cc3)[C@@H]2c2ccc(F)cc2)cc1. The average molecular weight is 450 g/mol. The van der Waals surface area contributed by atoms with E-state index in [0.717, 1.165) is 5.56 Å². The fourth-order valence-corrected chi connectivity index (χ4v) is 4.18. The van der Waals surface area contributed by atoms with E-state index in [1.807, 2.05) is 0 Å². The fraction of sp³-hybridized carbons (Fsp3) is 0.231. The van der Waals surface area contributed by atoms with Gasteiger partial charge in [-0.25, -0.2) is 8.78 Å². The summed E-state index contributed by atoms with van der Waals surface area (Å²) in [6.07, 6.45) is 0.571. The van der Waals surface area contributed by atoms with Crippen LogP contribution in [0.2, 0.25) is 0 Å². The smallest absolute Gasteiger partial charge is 0.227 e. The number of carbonyl (C=O) groups is 2. The van der Waals surface area contributed by atoms with Crippen molar-refractivity contribution in [2.75, 3.05) is 12.0 Å². The third-order valence-corrected chi connectivity index (χ3v) is 5.88. The van der Waals surface area contributed by atoms with Crippen LogP contribution in [-0.4, -0.2) is 18.9 Å². The van der Waals surface area contributed by atoms with Gasteiger partial charge in [-0.05, 0) is 66.1 Å². The third-order valence-electron chi connectivity index (χ3n) is 5.88. The highest BCUT2D eigenvalue weighted by molar-refractivity contribution is 5.97. The van der Waals surface area contributed by atoms with E-state index >= 15 is 0 Å². The van der Waals surface area contributed by atoms with Crippen LogP contribution in [-0.2, 0) is 16.1 Å². The maximum atomic E-state index is 13.6. The molecule has 1 fully saturated rings. The summed E-state index contributed by atoms with van der Waals surface area (Å²) in [6, 6.07) is 18.2. The van der Waals surface area contributed by atoms with Crippen molar-refractivity contribution in [3.05, 3.63) is 95.6 Å². The van der Waals surface area contributed by atoms with Crippen molar-refractivity contribution in [2.45, 2.75) is 25.4 Å². The van der Waals surface area contributed by atoms with Crippen LogP contribution in [0.15, 0.2) is 72.8 Å².